The normalized spacial score (nSPS) is 19.5. The summed E-state index contributed by atoms with van der Waals surface area (Å²) >= 11 is 0. The van der Waals surface area contributed by atoms with E-state index in [9.17, 15) is 17.2 Å². The predicted molar refractivity (Wildman–Crippen MR) is 81.7 cm³/mol. The Kier molecular flexibility index (Phi) is 5.17. The lowest BCUT2D eigenvalue weighted by Crippen LogP contribution is -2.45. The summed E-state index contributed by atoms with van der Waals surface area (Å²) in [6.45, 7) is 2.26. The van der Waals surface area contributed by atoms with Crippen LogP contribution in [-0.2, 0) is 9.84 Å². The average Bonchev–Trinajstić information content (AvgIpc) is 2.94. The van der Waals surface area contributed by atoms with Crippen molar-refractivity contribution in [2.45, 2.75) is 49.8 Å². The third kappa shape index (κ3) is 3.63. The molecule has 7 heteroatoms. The van der Waals surface area contributed by atoms with Crippen molar-refractivity contribution in [1.29, 1.82) is 0 Å². The Morgan fingerprint density at radius 1 is 1.32 bits per heavy atom. The molecule has 0 radical (unpaired) electrons. The molecule has 1 atom stereocenters. The van der Waals surface area contributed by atoms with Crippen LogP contribution >= 0.6 is 0 Å². The van der Waals surface area contributed by atoms with E-state index in [1.165, 1.54) is 18.5 Å². The van der Waals surface area contributed by atoms with Crippen molar-refractivity contribution in [3.63, 3.8) is 0 Å². The van der Waals surface area contributed by atoms with E-state index in [1.54, 1.807) is 6.07 Å². The van der Waals surface area contributed by atoms with Crippen LogP contribution in [0, 0.1) is 0 Å². The summed E-state index contributed by atoms with van der Waals surface area (Å²) in [6, 6.07) is 2.77. The standard InChI is InChI=1S/C15H22F2N2O2S/c1-11(12-5-6-13(14(16)17)18-9-12)19-10-15(22(2,20)21)7-3-4-8-15/h5-6,9,11,14,19H,3-4,7-8,10H2,1-2H3. The number of pyridine rings is 1. The Bertz CT molecular complexity index is 596. The van der Waals surface area contributed by atoms with Crippen molar-refractivity contribution in [2.24, 2.45) is 0 Å². The second-order valence-corrected chi connectivity index (χ2v) is 8.49. The lowest BCUT2D eigenvalue weighted by Gasteiger charge is -2.29. The monoisotopic (exact) mass is 332 g/mol. The van der Waals surface area contributed by atoms with Crippen molar-refractivity contribution in [3.05, 3.63) is 29.6 Å². The van der Waals surface area contributed by atoms with Crippen LogP contribution in [0.5, 0.6) is 0 Å². The van der Waals surface area contributed by atoms with Crippen LogP contribution in [0.15, 0.2) is 18.3 Å². The van der Waals surface area contributed by atoms with Gasteiger partial charge in [0, 0.05) is 25.0 Å². The van der Waals surface area contributed by atoms with Gasteiger partial charge in [0.05, 0.1) is 4.75 Å². The zero-order valence-electron chi connectivity index (χ0n) is 12.9. The summed E-state index contributed by atoms with van der Waals surface area (Å²) in [4.78, 5) is 3.74. The number of rotatable bonds is 6. The fourth-order valence-corrected chi connectivity index (χ4v) is 4.33. The smallest absolute Gasteiger partial charge is 0.280 e. The maximum atomic E-state index is 12.5. The van der Waals surface area contributed by atoms with Gasteiger partial charge in [-0.3, -0.25) is 4.98 Å². The number of sulfone groups is 1. The zero-order chi connectivity index (χ0) is 16.4. The van der Waals surface area contributed by atoms with Crippen LogP contribution in [0.4, 0.5) is 8.78 Å². The molecule has 1 N–H and O–H groups in total. The van der Waals surface area contributed by atoms with Gasteiger partial charge in [-0.1, -0.05) is 18.9 Å². The molecule has 4 nitrogen and oxygen atoms in total. The van der Waals surface area contributed by atoms with Crippen molar-refractivity contribution in [1.82, 2.24) is 10.3 Å². The van der Waals surface area contributed by atoms with E-state index in [-0.39, 0.29) is 11.7 Å². The van der Waals surface area contributed by atoms with E-state index in [0.29, 0.717) is 19.4 Å². The minimum atomic E-state index is -3.14. The molecule has 1 fully saturated rings. The van der Waals surface area contributed by atoms with Gasteiger partial charge in [-0.15, -0.1) is 0 Å². The number of hydrogen-bond acceptors (Lipinski definition) is 4. The third-order valence-corrected chi connectivity index (χ3v) is 6.69. The molecule has 1 aliphatic carbocycles. The summed E-state index contributed by atoms with van der Waals surface area (Å²) in [5, 5.41) is 3.23. The van der Waals surface area contributed by atoms with Gasteiger partial charge in [0.1, 0.15) is 5.69 Å². The molecular weight excluding hydrogens is 310 g/mol. The van der Waals surface area contributed by atoms with Gasteiger partial charge in [0.15, 0.2) is 9.84 Å². The van der Waals surface area contributed by atoms with E-state index < -0.39 is 21.0 Å². The summed E-state index contributed by atoms with van der Waals surface area (Å²) in [7, 11) is -3.14. The van der Waals surface area contributed by atoms with Gasteiger partial charge >= 0.3 is 0 Å². The molecule has 1 aromatic heterocycles. The molecule has 22 heavy (non-hydrogen) atoms. The molecule has 0 amide bonds. The summed E-state index contributed by atoms with van der Waals surface area (Å²) in [5.41, 5.74) is 0.519. The molecule has 1 aromatic rings. The third-order valence-electron chi connectivity index (χ3n) is 4.56. The fraction of sp³-hybridized carbons (Fsp3) is 0.667. The summed E-state index contributed by atoms with van der Waals surface area (Å²) in [5.74, 6) is 0. The molecule has 0 spiro atoms. The summed E-state index contributed by atoms with van der Waals surface area (Å²) < 4.78 is 48.5. The quantitative estimate of drug-likeness (QED) is 0.870. The number of alkyl halides is 2. The van der Waals surface area contributed by atoms with Gasteiger partial charge < -0.3 is 5.32 Å². The highest BCUT2D eigenvalue weighted by Gasteiger charge is 2.43. The van der Waals surface area contributed by atoms with Gasteiger partial charge in [-0.2, -0.15) is 0 Å². The lowest BCUT2D eigenvalue weighted by molar-refractivity contribution is 0.146. The van der Waals surface area contributed by atoms with E-state index in [1.807, 2.05) is 6.92 Å². The minimum absolute atomic E-state index is 0.140. The molecule has 0 saturated heterocycles. The molecule has 1 aliphatic rings. The lowest BCUT2D eigenvalue weighted by atomic mass is 10.1. The van der Waals surface area contributed by atoms with Crippen LogP contribution in [0.2, 0.25) is 0 Å². The Morgan fingerprint density at radius 2 is 1.95 bits per heavy atom. The number of aromatic nitrogens is 1. The van der Waals surface area contributed by atoms with Crippen molar-refractivity contribution in [3.8, 4) is 0 Å². The highest BCUT2D eigenvalue weighted by molar-refractivity contribution is 7.92. The largest absolute Gasteiger partial charge is 0.309 e. The van der Waals surface area contributed by atoms with Gasteiger partial charge in [-0.25, -0.2) is 17.2 Å². The number of nitrogens with zero attached hydrogens (tertiary/aromatic N) is 1. The zero-order valence-corrected chi connectivity index (χ0v) is 13.7. The molecule has 0 bridgehead atoms. The molecular formula is C15H22F2N2O2S. The molecule has 1 unspecified atom stereocenters. The molecule has 124 valence electrons. The van der Waals surface area contributed by atoms with Crippen LogP contribution < -0.4 is 5.32 Å². The van der Waals surface area contributed by atoms with Crippen LogP contribution in [0.1, 0.15) is 56.3 Å². The van der Waals surface area contributed by atoms with Crippen molar-refractivity contribution < 1.29 is 17.2 Å². The fourth-order valence-electron chi connectivity index (χ4n) is 2.96. The summed E-state index contributed by atoms with van der Waals surface area (Å²) in [6.07, 6.45) is 3.33. The Morgan fingerprint density at radius 3 is 2.41 bits per heavy atom. The van der Waals surface area contributed by atoms with Gasteiger partial charge in [-0.05, 0) is 31.4 Å². The topological polar surface area (TPSA) is 59.1 Å². The predicted octanol–water partition coefficient (Wildman–Crippen LogP) is 3.03. The van der Waals surface area contributed by atoms with Crippen LogP contribution in [0.3, 0.4) is 0 Å². The number of halogens is 2. The van der Waals surface area contributed by atoms with Crippen LogP contribution in [0.25, 0.3) is 0 Å². The first-order valence-corrected chi connectivity index (χ1v) is 9.31. The maximum absolute atomic E-state index is 12.5. The van der Waals surface area contributed by atoms with Crippen LogP contribution in [-0.4, -0.2) is 30.9 Å². The van der Waals surface area contributed by atoms with Crippen molar-refractivity contribution >= 4 is 9.84 Å². The van der Waals surface area contributed by atoms with E-state index in [0.717, 1.165) is 18.4 Å². The van der Waals surface area contributed by atoms with E-state index in [2.05, 4.69) is 10.3 Å². The van der Waals surface area contributed by atoms with Gasteiger partial charge in [0.2, 0.25) is 0 Å². The van der Waals surface area contributed by atoms with Crippen molar-refractivity contribution in [2.75, 3.05) is 12.8 Å². The first-order chi connectivity index (χ1) is 10.3. The number of nitrogens with one attached hydrogen (secondary N) is 1. The Hall–Kier alpha value is -1.08. The highest BCUT2D eigenvalue weighted by Crippen LogP contribution is 2.36. The van der Waals surface area contributed by atoms with Gasteiger partial charge in [0.25, 0.3) is 6.43 Å². The SMILES string of the molecule is CC(NCC1(S(C)(=O)=O)CCCC1)c1ccc(C(F)F)nc1. The molecule has 2 rings (SSSR count). The number of hydrogen-bond donors (Lipinski definition) is 1. The molecule has 1 heterocycles. The van der Waals surface area contributed by atoms with E-state index in [4.69, 9.17) is 0 Å². The second kappa shape index (κ2) is 6.58. The Balaban J connectivity index is 2.04. The first kappa shape index (κ1) is 17.3. The average molecular weight is 332 g/mol. The maximum Gasteiger partial charge on any atom is 0.280 e. The Labute approximate surface area is 130 Å². The molecule has 0 aromatic carbocycles. The van der Waals surface area contributed by atoms with E-state index >= 15 is 0 Å². The first-order valence-electron chi connectivity index (χ1n) is 7.42. The highest BCUT2D eigenvalue weighted by atomic mass is 32.2. The second-order valence-electron chi connectivity index (χ2n) is 6.08. The molecule has 1 saturated carbocycles. The minimum Gasteiger partial charge on any atom is -0.309 e. The molecule has 0 aliphatic heterocycles.